The van der Waals surface area contributed by atoms with Crippen molar-refractivity contribution in [3.63, 3.8) is 0 Å². The molecule has 0 fully saturated rings. The minimum atomic E-state index is -1.03. The van der Waals surface area contributed by atoms with Crippen LogP contribution in [0.2, 0.25) is 0 Å². The fourth-order valence-corrected chi connectivity index (χ4v) is 4.86. The van der Waals surface area contributed by atoms with Crippen molar-refractivity contribution >= 4 is 11.8 Å². The summed E-state index contributed by atoms with van der Waals surface area (Å²) < 4.78 is 35.3. The van der Waals surface area contributed by atoms with E-state index in [4.69, 9.17) is 4.74 Å². The van der Waals surface area contributed by atoms with Gasteiger partial charge < -0.3 is 15.0 Å². The van der Waals surface area contributed by atoms with E-state index in [9.17, 15) is 23.2 Å². The van der Waals surface area contributed by atoms with Gasteiger partial charge in [-0.1, -0.05) is 42.5 Å². The lowest BCUT2D eigenvalue weighted by Gasteiger charge is -2.47. The molecule has 1 N–H and O–H groups in total. The molecule has 2 aliphatic heterocycles. The van der Waals surface area contributed by atoms with Crippen LogP contribution in [0.25, 0.3) is 0 Å². The van der Waals surface area contributed by atoms with E-state index in [1.165, 1.54) is 16.9 Å². The summed E-state index contributed by atoms with van der Waals surface area (Å²) in [6, 6.07) is 13.6. The van der Waals surface area contributed by atoms with Crippen molar-refractivity contribution in [1.29, 1.82) is 0 Å². The van der Waals surface area contributed by atoms with E-state index in [1.807, 2.05) is 57.2 Å². The number of carbonyl (C=O) groups is 2. The fourth-order valence-electron chi connectivity index (χ4n) is 4.86. The van der Waals surface area contributed by atoms with Gasteiger partial charge in [-0.15, -0.1) is 0 Å². The van der Waals surface area contributed by atoms with Crippen LogP contribution >= 0.6 is 0 Å². The average Bonchev–Trinajstić information content (AvgIpc) is 2.99. The van der Waals surface area contributed by atoms with Crippen LogP contribution in [0.15, 0.2) is 77.2 Å². The number of pyridine rings is 1. The molecule has 3 heterocycles. The summed E-state index contributed by atoms with van der Waals surface area (Å²) in [6.45, 7) is 5.88. The summed E-state index contributed by atoms with van der Waals surface area (Å²) in [5.74, 6) is -2.65. The van der Waals surface area contributed by atoms with Crippen molar-refractivity contribution < 1.29 is 23.1 Å². The number of hydrogen-bond acceptors (Lipinski definition) is 5. The molecule has 1 aromatic heterocycles. The van der Waals surface area contributed by atoms with Crippen LogP contribution in [0, 0.1) is 11.6 Å². The molecule has 0 saturated carbocycles. The van der Waals surface area contributed by atoms with Gasteiger partial charge in [-0.25, -0.2) is 8.78 Å². The molecule has 39 heavy (non-hydrogen) atoms. The number of nitrogens with one attached hydrogen (secondary N) is 1. The Morgan fingerprint density at radius 3 is 2.59 bits per heavy atom. The highest BCUT2D eigenvalue weighted by Crippen LogP contribution is 2.34. The van der Waals surface area contributed by atoms with E-state index in [-0.39, 0.29) is 48.6 Å². The zero-order chi connectivity index (χ0) is 27.9. The predicted octanol–water partition coefficient (Wildman–Crippen LogP) is 3.69. The number of amides is 2. The molecular weight excluding hydrogens is 506 g/mol. The molecule has 202 valence electrons. The molecule has 0 spiro atoms. The van der Waals surface area contributed by atoms with Gasteiger partial charge in [0.25, 0.3) is 11.8 Å². The highest BCUT2D eigenvalue weighted by atomic mass is 19.1. The number of fused-ring (bicyclic) bond motifs is 4. The van der Waals surface area contributed by atoms with Crippen LogP contribution in [0.5, 0.6) is 0 Å². The summed E-state index contributed by atoms with van der Waals surface area (Å²) in [4.78, 5) is 41.1. The molecule has 2 amide bonds. The summed E-state index contributed by atoms with van der Waals surface area (Å²) in [7, 11) is 0. The lowest BCUT2D eigenvalue weighted by Crippen LogP contribution is -2.63. The van der Waals surface area contributed by atoms with Crippen LogP contribution < -0.4 is 15.8 Å². The van der Waals surface area contributed by atoms with Crippen molar-refractivity contribution in [2.45, 2.75) is 45.7 Å². The highest BCUT2D eigenvalue weighted by molar-refractivity contribution is 5.97. The second-order valence-corrected chi connectivity index (χ2v) is 9.86. The third-order valence-electron chi connectivity index (χ3n) is 7.33. The monoisotopic (exact) mass is 534 g/mol. The Labute approximate surface area is 224 Å². The predicted molar refractivity (Wildman–Crippen MR) is 140 cm³/mol. The van der Waals surface area contributed by atoms with Crippen LogP contribution in [-0.4, -0.2) is 39.8 Å². The molecule has 0 radical (unpaired) electrons. The minimum Gasteiger partial charge on any atom is -0.348 e. The third kappa shape index (κ3) is 4.83. The largest absolute Gasteiger partial charge is 0.348 e. The molecule has 10 heteroatoms. The maximum Gasteiger partial charge on any atom is 0.274 e. The molecule has 2 bridgehead atoms. The number of nitrogens with zero attached hydrogens (tertiary/aromatic N) is 3. The first-order valence-electron chi connectivity index (χ1n) is 12.5. The Bertz CT molecular complexity index is 1540. The molecule has 2 aliphatic rings. The zero-order valence-electron chi connectivity index (χ0n) is 21.8. The zero-order valence-corrected chi connectivity index (χ0v) is 21.8. The molecular formula is C29H28F2N4O4. The molecule has 2 atom stereocenters. The topological polar surface area (TPSA) is 83.9 Å². The van der Waals surface area contributed by atoms with Gasteiger partial charge in [-0.2, -0.15) is 0 Å². The second kappa shape index (κ2) is 10.1. The fraction of sp³-hybridized carbons (Fsp3) is 0.276. The molecule has 0 aliphatic carbocycles. The average molecular weight is 535 g/mol. The first-order chi connectivity index (χ1) is 18.6. The summed E-state index contributed by atoms with van der Waals surface area (Å²) in [6.07, 6.45) is 3.27. The summed E-state index contributed by atoms with van der Waals surface area (Å²) in [5, 5.41) is 4.32. The third-order valence-corrected chi connectivity index (χ3v) is 7.33. The number of benzene rings is 2. The smallest absolute Gasteiger partial charge is 0.274 e. The van der Waals surface area contributed by atoms with Gasteiger partial charge in [0.05, 0.1) is 6.61 Å². The summed E-state index contributed by atoms with van der Waals surface area (Å²) >= 11 is 0. The number of hydrogen-bond donors (Lipinski definition) is 1. The van der Waals surface area contributed by atoms with Crippen molar-refractivity contribution in [3.05, 3.63) is 117 Å². The Balaban J connectivity index is 1.51. The lowest BCUT2D eigenvalue weighted by atomic mass is 10.0. The Kier molecular flexibility index (Phi) is 6.82. The van der Waals surface area contributed by atoms with E-state index in [1.54, 1.807) is 9.91 Å². The first-order valence-corrected chi connectivity index (χ1v) is 12.5. The van der Waals surface area contributed by atoms with E-state index >= 15 is 0 Å². The SMILES string of the molecule is CC1=CC(C)N2CN(n3cc(C(=O)NCc4ccc(F)cc4F)c(=O)cc3C2=O)C1(C)OCc1ccccc1. The van der Waals surface area contributed by atoms with Crippen LogP contribution in [0.4, 0.5) is 8.78 Å². The van der Waals surface area contributed by atoms with Gasteiger partial charge in [0.2, 0.25) is 0 Å². The molecule has 2 unspecified atom stereocenters. The maximum absolute atomic E-state index is 14.1. The maximum atomic E-state index is 14.1. The quantitative estimate of drug-likeness (QED) is 0.488. The minimum absolute atomic E-state index is 0.0674. The summed E-state index contributed by atoms with van der Waals surface area (Å²) in [5.41, 5.74) is 0.0555. The van der Waals surface area contributed by atoms with E-state index in [0.29, 0.717) is 0 Å². The molecule has 5 rings (SSSR count). The normalized spacial score (nSPS) is 20.3. The standard InChI is InChI=1S/C29H28F2N4O4/c1-18-11-19(2)33-17-35(29(18,3)39-16-20-7-5-4-6-8-20)34-15-23(26(36)13-25(34)28(33)38)27(37)32-14-21-9-10-22(30)12-24(21)31/h4-13,15,19H,14,16-17H2,1-3H3,(H,32,37). The van der Waals surface area contributed by atoms with E-state index in [2.05, 4.69) is 5.32 Å². The molecule has 8 nitrogen and oxygen atoms in total. The molecule has 3 aromatic rings. The van der Waals surface area contributed by atoms with Crippen molar-refractivity contribution in [1.82, 2.24) is 14.9 Å². The lowest BCUT2D eigenvalue weighted by molar-refractivity contribution is -0.0407. The van der Waals surface area contributed by atoms with Crippen LogP contribution in [0.3, 0.4) is 0 Å². The van der Waals surface area contributed by atoms with Gasteiger partial charge >= 0.3 is 0 Å². The molecule has 2 aromatic carbocycles. The van der Waals surface area contributed by atoms with Gasteiger partial charge in [0.1, 0.15) is 29.6 Å². The van der Waals surface area contributed by atoms with Crippen molar-refractivity contribution in [2.24, 2.45) is 0 Å². The Morgan fingerprint density at radius 1 is 1.13 bits per heavy atom. The second-order valence-electron chi connectivity index (χ2n) is 9.86. The number of carbonyl (C=O) groups excluding carboxylic acids is 2. The number of aromatic nitrogens is 1. The first kappa shape index (κ1) is 26.3. The van der Waals surface area contributed by atoms with E-state index in [0.717, 1.165) is 29.3 Å². The van der Waals surface area contributed by atoms with Crippen molar-refractivity contribution in [2.75, 3.05) is 11.7 Å². The number of halogens is 2. The van der Waals surface area contributed by atoms with Gasteiger partial charge in [0, 0.05) is 36.5 Å². The van der Waals surface area contributed by atoms with Gasteiger partial charge in [-0.05, 0) is 38.0 Å². The van der Waals surface area contributed by atoms with Gasteiger partial charge in [-0.3, -0.25) is 24.1 Å². The van der Waals surface area contributed by atoms with Crippen molar-refractivity contribution in [3.8, 4) is 0 Å². The van der Waals surface area contributed by atoms with Gasteiger partial charge in [0.15, 0.2) is 11.2 Å². The Morgan fingerprint density at radius 2 is 1.87 bits per heavy atom. The molecule has 0 saturated heterocycles. The van der Waals surface area contributed by atoms with Crippen LogP contribution in [0.1, 0.15) is 52.7 Å². The number of rotatable bonds is 6. The number of ether oxygens (including phenoxy) is 1. The van der Waals surface area contributed by atoms with Crippen LogP contribution in [-0.2, 0) is 17.9 Å². The Hall–Kier alpha value is -4.31. The van der Waals surface area contributed by atoms with E-state index < -0.39 is 28.7 Å². The highest BCUT2D eigenvalue weighted by Gasteiger charge is 2.45.